The van der Waals surface area contributed by atoms with Gasteiger partial charge in [-0.15, -0.1) is 0 Å². The molecular formula is C12H22N4O. The molecule has 2 heterocycles. The fourth-order valence-corrected chi connectivity index (χ4v) is 2.50. The van der Waals surface area contributed by atoms with Crippen molar-refractivity contribution in [2.45, 2.75) is 24.9 Å². The Morgan fingerprint density at radius 2 is 2.29 bits per heavy atom. The van der Waals surface area contributed by atoms with Gasteiger partial charge in [0.05, 0.1) is 12.2 Å². The molecule has 0 saturated carbocycles. The number of aromatic nitrogens is 2. The molecule has 1 unspecified atom stereocenters. The molecule has 0 amide bonds. The van der Waals surface area contributed by atoms with Crippen LogP contribution in [0.25, 0.3) is 0 Å². The molecule has 0 bridgehead atoms. The van der Waals surface area contributed by atoms with Crippen LogP contribution in [0.4, 0.5) is 0 Å². The average molecular weight is 238 g/mol. The van der Waals surface area contributed by atoms with Crippen molar-refractivity contribution in [3.05, 3.63) is 18.0 Å². The third-order valence-corrected chi connectivity index (χ3v) is 3.59. The smallest absolute Gasteiger partial charge is 0.0538 e. The van der Waals surface area contributed by atoms with Crippen molar-refractivity contribution in [1.29, 1.82) is 0 Å². The highest BCUT2D eigenvalue weighted by Gasteiger charge is 2.25. The van der Waals surface area contributed by atoms with Crippen LogP contribution in [-0.4, -0.2) is 47.5 Å². The number of hydrogen-bond acceptors (Lipinski definition) is 4. The molecule has 5 nitrogen and oxygen atoms in total. The SMILES string of the molecule is CN(C1CCOCC1)C(CN)c1cnn(C)c1. The molecule has 1 saturated heterocycles. The minimum absolute atomic E-state index is 0.256. The van der Waals surface area contributed by atoms with E-state index < -0.39 is 0 Å². The van der Waals surface area contributed by atoms with Gasteiger partial charge < -0.3 is 10.5 Å². The van der Waals surface area contributed by atoms with E-state index in [9.17, 15) is 0 Å². The third kappa shape index (κ3) is 2.86. The zero-order valence-corrected chi connectivity index (χ0v) is 10.7. The summed E-state index contributed by atoms with van der Waals surface area (Å²) >= 11 is 0. The average Bonchev–Trinajstić information content (AvgIpc) is 2.78. The van der Waals surface area contributed by atoms with E-state index in [4.69, 9.17) is 10.5 Å². The van der Waals surface area contributed by atoms with Gasteiger partial charge in [-0.2, -0.15) is 5.10 Å². The molecule has 0 aromatic carbocycles. The molecule has 96 valence electrons. The van der Waals surface area contributed by atoms with Gasteiger partial charge in [-0.25, -0.2) is 0 Å². The van der Waals surface area contributed by atoms with E-state index in [0.717, 1.165) is 26.1 Å². The Labute approximate surface area is 103 Å². The second kappa shape index (κ2) is 5.62. The second-order valence-corrected chi connectivity index (χ2v) is 4.71. The summed E-state index contributed by atoms with van der Waals surface area (Å²) < 4.78 is 7.23. The summed E-state index contributed by atoms with van der Waals surface area (Å²) in [6.45, 7) is 2.35. The molecule has 1 aromatic rings. The number of aryl methyl sites for hydroxylation is 1. The maximum atomic E-state index is 5.91. The van der Waals surface area contributed by atoms with Gasteiger partial charge in [0, 0.05) is 44.6 Å². The van der Waals surface area contributed by atoms with Gasteiger partial charge in [0.1, 0.15) is 0 Å². The normalized spacial score (nSPS) is 19.8. The summed E-state index contributed by atoms with van der Waals surface area (Å²) in [5.41, 5.74) is 7.11. The Morgan fingerprint density at radius 1 is 1.59 bits per heavy atom. The predicted octanol–water partition coefficient (Wildman–Crippen LogP) is 0.531. The Hall–Kier alpha value is -0.910. The van der Waals surface area contributed by atoms with Gasteiger partial charge in [-0.3, -0.25) is 9.58 Å². The first kappa shape index (κ1) is 12.5. The van der Waals surface area contributed by atoms with Crippen molar-refractivity contribution in [2.24, 2.45) is 12.8 Å². The number of rotatable bonds is 4. The van der Waals surface area contributed by atoms with Crippen LogP contribution in [0.1, 0.15) is 24.4 Å². The molecule has 0 spiro atoms. The quantitative estimate of drug-likeness (QED) is 0.831. The monoisotopic (exact) mass is 238 g/mol. The first-order chi connectivity index (χ1) is 8.22. The van der Waals surface area contributed by atoms with Gasteiger partial charge in [-0.1, -0.05) is 0 Å². The Kier molecular flexibility index (Phi) is 4.15. The number of nitrogens with zero attached hydrogens (tertiary/aromatic N) is 3. The summed E-state index contributed by atoms with van der Waals surface area (Å²) in [7, 11) is 4.09. The van der Waals surface area contributed by atoms with Crippen molar-refractivity contribution in [2.75, 3.05) is 26.8 Å². The van der Waals surface area contributed by atoms with Crippen molar-refractivity contribution in [3.8, 4) is 0 Å². The summed E-state index contributed by atoms with van der Waals surface area (Å²) in [4.78, 5) is 2.37. The highest BCUT2D eigenvalue weighted by Crippen LogP contribution is 2.24. The molecule has 0 aliphatic carbocycles. The third-order valence-electron chi connectivity index (χ3n) is 3.59. The zero-order valence-electron chi connectivity index (χ0n) is 10.7. The van der Waals surface area contributed by atoms with E-state index in [0.29, 0.717) is 12.6 Å². The standard InChI is InChI=1S/C12H22N4O/c1-15-9-10(8-14-15)12(7-13)16(2)11-3-5-17-6-4-11/h8-9,11-12H,3-7,13H2,1-2H3. The van der Waals surface area contributed by atoms with Gasteiger partial charge in [0.15, 0.2) is 0 Å². The summed E-state index contributed by atoms with van der Waals surface area (Å²) in [6, 6.07) is 0.823. The molecule has 2 N–H and O–H groups in total. The second-order valence-electron chi connectivity index (χ2n) is 4.71. The molecule has 0 radical (unpaired) electrons. The van der Waals surface area contributed by atoms with Crippen molar-refractivity contribution in [3.63, 3.8) is 0 Å². The molecule has 1 aromatic heterocycles. The zero-order chi connectivity index (χ0) is 12.3. The lowest BCUT2D eigenvalue weighted by atomic mass is 10.0. The molecule has 5 heteroatoms. The van der Waals surface area contributed by atoms with Gasteiger partial charge in [-0.05, 0) is 19.9 Å². The maximum Gasteiger partial charge on any atom is 0.0538 e. The molecule has 1 aliphatic heterocycles. The molecular weight excluding hydrogens is 216 g/mol. The van der Waals surface area contributed by atoms with Gasteiger partial charge in [0.2, 0.25) is 0 Å². The van der Waals surface area contributed by atoms with E-state index in [1.165, 1.54) is 5.56 Å². The lowest BCUT2D eigenvalue weighted by Gasteiger charge is -2.36. The summed E-state index contributed by atoms with van der Waals surface area (Å²) in [5, 5.41) is 4.22. The van der Waals surface area contributed by atoms with Crippen LogP contribution >= 0.6 is 0 Å². The highest BCUT2D eigenvalue weighted by atomic mass is 16.5. The number of nitrogens with two attached hydrogens (primary N) is 1. The Balaban J connectivity index is 2.06. The van der Waals surface area contributed by atoms with E-state index >= 15 is 0 Å². The topological polar surface area (TPSA) is 56.3 Å². The first-order valence-corrected chi connectivity index (χ1v) is 6.20. The van der Waals surface area contributed by atoms with Crippen LogP contribution < -0.4 is 5.73 Å². The van der Waals surface area contributed by atoms with E-state index in [1.807, 2.05) is 24.1 Å². The van der Waals surface area contributed by atoms with Crippen molar-refractivity contribution < 1.29 is 4.74 Å². The number of hydrogen-bond donors (Lipinski definition) is 1. The number of likely N-dealkylation sites (N-methyl/N-ethyl adjacent to an activating group) is 1. The van der Waals surface area contributed by atoms with Crippen LogP contribution in [0, 0.1) is 0 Å². The molecule has 1 atom stereocenters. The van der Waals surface area contributed by atoms with Crippen LogP contribution in [0.15, 0.2) is 12.4 Å². The van der Waals surface area contributed by atoms with Gasteiger partial charge >= 0.3 is 0 Å². The van der Waals surface area contributed by atoms with E-state index in [-0.39, 0.29) is 6.04 Å². The number of ether oxygens (including phenoxy) is 1. The molecule has 1 aliphatic rings. The van der Waals surface area contributed by atoms with Crippen molar-refractivity contribution in [1.82, 2.24) is 14.7 Å². The maximum absolute atomic E-state index is 5.91. The van der Waals surface area contributed by atoms with Crippen LogP contribution in [0.2, 0.25) is 0 Å². The Bertz CT molecular complexity index is 346. The molecule has 17 heavy (non-hydrogen) atoms. The Morgan fingerprint density at radius 3 is 2.82 bits per heavy atom. The summed E-state index contributed by atoms with van der Waals surface area (Å²) in [6.07, 6.45) is 6.14. The van der Waals surface area contributed by atoms with Crippen molar-refractivity contribution >= 4 is 0 Å². The minimum Gasteiger partial charge on any atom is -0.381 e. The lowest BCUT2D eigenvalue weighted by molar-refractivity contribution is 0.0294. The van der Waals surface area contributed by atoms with E-state index in [1.54, 1.807) is 0 Å². The summed E-state index contributed by atoms with van der Waals surface area (Å²) in [5.74, 6) is 0. The van der Waals surface area contributed by atoms with Crippen LogP contribution in [-0.2, 0) is 11.8 Å². The van der Waals surface area contributed by atoms with Crippen LogP contribution in [0.5, 0.6) is 0 Å². The molecule has 1 fully saturated rings. The fraction of sp³-hybridized carbons (Fsp3) is 0.750. The highest BCUT2D eigenvalue weighted by molar-refractivity contribution is 5.11. The fourth-order valence-electron chi connectivity index (χ4n) is 2.50. The largest absolute Gasteiger partial charge is 0.381 e. The van der Waals surface area contributed by atoms with Crippen LogP contribution in [0.3, 0.4) is 0 Å². The lowest BCUT2D eigenvalue weighted by Crippen LogP contribution is -2.41. The minimum atomic E-state index is 0.256. The first-order valence-electron chi connectivity index (χ1n) is 6.20. The van der Waals surface area contributed by atoms with Gasteiger partial charge in [0.25, 0.3) is 0 Å². The molecule has 2 rings (SSSR count). The predicted molar refractivity (Wildman–Crippen MR) is 66.6 cm³/mol. The van der Waals surface area contributed by atoms with E-state index in [2.05, 4.69) is 17.0 Å².